The molecular weight excluding hydrogens is 498 g/mol. The Morgan fingerprint density at radius 2 is 1.91 bits per heavy atom. The van der Waals surface area contributed by atoms with Gasteiger partial charge in [0.05, 0.1) is 18.1 Å². The number of fused-ring (bicyclic) bond motifs is 2. The van der Waals surface area contributed by atoms with Gasteiger partial charge in [-0.15, -0.1) is 0 Å². The molecule has 3 aromatic carbocycles. The Morgan fingerprint density at radius 3 is 2.59 bits per heavy atom. The zero-order valence-electron chi connectivity index (χ0n) is 18.5. The number of amides is 1. The number of hydrogen-bond donors (Lipinski definition) is 1. The average Bonchev–Trinajstić information content (AvgIpc) is 3.15. The number of nitrogens with two attached hydrogens (primary N) is 1. The molecule has 0 bridgehead atoms. The van der Waals surface area contributed by atoms with E-state index in [9.17, 15) is 9.59 Å². The second kappa shape index (κ2) is 8.46. The molecule has 0 aliphatic rings. The highest BCUT2D eigenvalue weighted by Gasteiger charge is 2.20. The predicted molar refractivity (Wildman–Crippen MR) is 134 cm³/mol. The minimum Gasteiger partial charge on any atom is -0.497 e. The molecule has 2 N–H and O–H groups in total. The van der Waals surface area contributed by atoms with Gasteiger partial charge in [0.2, 0.25) is 0 Å². The topological polar surface area (TPSA) is 100 Å². The van der Waals surface area contributed by atoms with Crippen LogP contribution in [0.5, 0.6) is 5.75 Å². The summed E-state index contributed by atoms with van der Waals surface area (Å²) in [6.45, 7) is 1.69. The summed E-state index contributed by atoms with van der Waals surface area (Å²) in [5.74, 6) is 0.781. The Hall–Kier alpha value is -3.91. The van der Waals surface area contributed by atoms with E-state index in [1.165, 1.54) is 0 Å². The number of methoxy groups -OCH3 is 1. The summed E-state index contributed by atoms with van der Waals surface area (Å²) in [5, 5.41) is 0.621. The lowest BCUT2D eigenvalue weighted by atomic mass is 10.1. The molecule has 0 atom stereocenters. The number of carbonyl (C=O) groups excluding carboxylic acids is 1. The van der Waals surface area contributed by atoms with Crippen molar-refractivity contribution in [2.45, 2.75) is 13.3 Å². The van der Waals surface area contributed by atoms with Gasteiger partial charge >= 0.3 is 5.63 Å². The van der Waals surface area contributed by atoms with E-state index in [0.29, 0.717) is 28.5 Å². The van der Waals surface area contributed by atoms with Gasteiger partial charge in [0, 0.05) is 28.0 Å². The van der Waals surface area contributed by atoms with Crippen LogP contribution in [0.4, 0.5) is 0 Å². The molecule has 2 heterocycles. The highest BCUT2D eigenvalue weighted by Crippen LogP contribution is 2.30. The van der Waals surface area contributed by atoms with Crippen LogP contribution >= 0.6 is 15.9 Å². The fourth-order valence-corrected chi connectivity index (χ4v) is 4.59. The van der Waals surface area contributed by atoms with Gasteiger partial charge in [0.1, 0.15) is 22.7 Å². The quantitative estimate of drug-likeness (QED) is 0.334. The molecule has 7 nitrogen and oxygen atoms in total. The van der Waals surface area contributed by atoms with Crippen LogP contribution in [-0.2, 0) is 6.42 Å². The third-order valence-electron chi connectivity index (χ3n) is 5.85. The fourth-order valence-electron chi connectivity index (χ4n) is 4.20. The number of nitrogens with zero attached hydrogens (tertiary/aromatic N) is 2. The minimum absolute atomic E-state index is 0.142. The van der Waals surface area contributed by atoms with Crippen molar-refractivity contribution in [1.29, 1.82) is 0 Å². The zero-order chi connectivity index (χ0) is 24.0. The molecule has 0 spiro atoms. The smallest absolute Gasteiger partial charge is 0.349 e. The second-order valence-corrected chi connectivity index (χ2v) is 8.87. The molecule has 1 amide bonds. The summed E-state index contributed by atoms with van der Waals surface area (Å²) < 4.78 is 13.7. The maximum Gasteiger partial charge on any atom is 0.349 e. The molecular formula is C26H20BrN3O4. The van der Waals surface area contributed by atoms with Crippen LogP contribution in [0.3, 0.4) is 0 Å². The standard InChI is InChI=1S/C26H20BrN3O4/c1-14-19-12-20-21(13-22(19)34-26(32)24(14)25(28)31)30(17-5-3-4-16(27)11-17)23(29-20)10-15-6-8-18(33-2)9-7-15/h3-9,11-13H,10H2,1-2H3,(H2,28,31). The van der Waals surface area contributed by atoms with Gasteiger partial charge in [-0.25, -0.2) is 9.78 Å². The van der Waals surface area contributed by atoms with Gasteiger partial charge in [-0.1, -0.05) is 34.1 Å². The molecule has 8 heteroatoms. The van der Waals surface area contributed by atoms with Crippen molar-refractivity contribution in [2.75, 3.05) is 7.11 Å². The SMILES string of the molecule is COc1ccc(Cc2nc3cc4c(C)c(C(N)=O)c(=O)oc4cc3n2-c2cccc(Br)c2)cc1. The summed E-state index contributed by atoms with van der Waals surface area (Å²) in [4.78, 5) is 29.2. The highest BCUT2D eigenvalue weighted by molar-refractivity contribution is 9.10. The third-order valence-corrected chi connectivity index (χ3v) is 6.34. The van der Waals surface area contributed by atoms with Crippen LogP contribution in [0.15, 0.2) is 74.3 Å². The highest BCUT2D eigenvalue weighted by atomic mass is 79.9. The average molecular weight is 518 g/mol. The summed E-state index contributed by atoms with van der Waals surface area (Å²) in [5.41, 5.74) is 8.84. The van der Waals surface area contributed by atoms with Crippen molar-refractivity contribution < 1.29 is 13.9 Å². The number of ether oxygens (including phenoxy) is 1. The number of rotatable bonds is 5. The van der Waals surface area contributed by atoms with E-state index in [1.807, 2.05) is 59.2 Å². The van der Waals surface area contributed by atoms with Crippen molar-refractivity contribution >= 4 is 43.8 Å². The molecule has 170 valence electrons. The van der Waals surface area contributed by atoms with E-state index < -0.39 is 11.5 Å². The molecule has 0 saturated heterocycles. The fraction of sp³-hybridized carbons (Fsp3) is 0.115. The van der Waals surface area contributed by atoms with Gasteiger partial charge in [-0.05, 0) is 54.4 Å². The normalized spacial score (nSPS) is 11.3. The first kappa shape index (κ1) is 21.9. The largest absolute Gasteiger partial charge is 0.497 e. The number of aryl methyl sites for hydroxylation is 1. The first-order valence-corrected chi connectivity index (χ1v) is 11.3. The predicted octanol–water partition coefficient (Wildman–Crippen LogP) is 4.90. The summed E-state index contributed by atoms with van der Waals surface area (Å²) in [7, 11) is 1.64. The monoisotopic (exact) mass is 517 g/mol. The summed E-state index contributed by atoms with van der Waals surface area (Å²) >= 11 is 3.55. The van der Waals surface area contributed by atoms with Crippen molar-refractivity contribution in [3.63, 3.8) is 0 Å². The van der Waals surface area contributed by atoms with Crippen molar-refractivity contribution in [1.82, 2.24) is 9.55 Å². The lowest BCUT2D eigenvalue weighted by Gasteiger charge is -2.11. The summed E-state index contributed by atoms with van der Waals surface area (Å²) in [6, 6.07) is 19.4. The lowest BCUT2D eigenvalue weighted by molar-refractivity contribution is 0.0996. The van der Waals surface area contributed by atoms with E-state index >= 15 is 0 Å². The number of aromatic nitrogens is 2. The van der Waals surface area contributed by atoms with Crippen molar-refractivity contribution in [3.05, 3.63) is 98.1 Å². The molecule has 0 unspecified atom stereocenters. The van der Waals surface area contributed by atoms with Crippen molar-refractivity contribution in [3.8, 4) is 11.4 Å². The molecule has 2 aromatic heterocycles. The Bertz CT molecular complexity index is 1630. The van der Waals surface area contributed by atoms with Crippen LogP contribution in [-0.4, -0.2) is 22.6 Å². The number of primary amides is 1. The number of benzene rings is 3. The Labute approximate surface area is 202 Å². The van der Waals surface area contributed by atoms with E-state index in [4.69, 9.17) is 19.9 Å². The van der Waals surface area contributed by atoms with Crippen LogP contribution in [0.2, 0.25) is 0 Å². The molecule has 0 aliphatic heterocycles. The van der Waals surface area contributed by atoms with Crippen LogP contribution in [0.25, 0.3) is 27.7 Å². The van der Waals surface area contributed by atoms with Crippen LogP contribution in [0.1, 0.15) is 27.3 Å². The van der Waals surface area contributed by atoms with Gasteiger partial charge in [0.25, 0.3) is 5.91 Å². The Morgan fingerprint density at radius 1 is 1.15 bits per heavy atom. The molecule has 0 radical (unpaired) electrons. The van der Waals surface area contributed by atoms with Crippen LogP contribution in [0, 0.1) is 6.92 Å². The number of imidazole rings is 1. The molecule has 0 fully saturated rings. The maximum atomic E-state index is 12.4. The van der Waals surface area contributed by atoms with Gasteiger partial charge in [0.15, 0.2) is 0 Å². The maximum absolute atomic E-state index is 12.4. The van der Waals surface area contributed by atoms with E-state index in [2.05, 4.69) is 15.9 Å². The Balaban J connectivity index is 1.77. The molecule has 5 aromatic rings. The number of carbonyl (C=O) groups is 1. The lowest BCUT2D eigenvalue weighted by Crippen LogP contribution is -2.22. The first-order chi connectivity index (χ1) is 16.4. The van der Waals surface area contributed by atoms with Crippen molar-refractivity contribution in [2.24, 2.45) is 5.73 Å². The van der Waals surface area contributed by atoms with E-state index in [1.54, 1.807) is 20.1 Å². The molecule has 5 rings (SSSR count). The van der Waals surface area contributed by atoms with Crippen LogP contribution < -0.4 is 16.1 Å². The molecule has 34 heavy (non-hydrogen) atoms. The van der Waals surface area contributed by atoms with E-state index in [-0.39, 0.29) is 5.56 Å². The molecule has 0 aliphatic carbocycles. The van der Waals surface area contributed by atoms with Gasteiger partial charge < -0.3 is 14.9 Å². The second-order valence-electron chi connectivity index (χ2n) is 7.96. The summed E-state index contributed by atoms with van der Waals surface area (Å²) in [6.07, 6.45) is 0.566. The molecule has 0 saturated carbocycles. The van der Waals surface area contributed by atoms with Gasteiger partial charge in [-0.3, -0.25) is 9.36 Å². The third kappa shape index (κ3) is 3.76. The Kier molecular flexibility index (Phi) is 5.45. The number of halogens is 1. The first-order valence-electron chi connectivity index (χ1n) is 10.5. The zero-order valence-corrected chi connectivity index (χ0v) is 20.0. The number of hydrogen-bond acceptors (Lipinski definition) is 5. The van der Waals surface area contributed by atoms with E-state index in [0.717, 1.165) is 32.8 Å². The minimum atomic E-state index is -0.812. The van der Waals surface area contributed by atoms with Gasteiger partial charge in [-0.2, -0.15) is 0 Å².